The van der Waals surface area contributed by atoms with Crippen LogP contribution < -0.4 is 9.47 Å². The molecule has 10 heteroatoms. The van der Waals surface area contributed by atoms with E-state index in [1.807, 2.05) is 31.2 Å². The predicted octanol–water partition coefficient (Wildman–Crippen LogP) is 5.89. The van der Waals surface area contributed by atoms with Crippen LogP contribution in [-0.2, 0) is 22.7 Å². The number of methoxy groups -OCH3 is 1. The zero-order valence-corrected chi connectivity index (χ0v) is 22.5. The summed E-state index contributed by atoms with van der Waals surface area (Å²) in [5.74, 6) is 0.348. The molecule has 0 N–H and O–H groups in total. The highest BCUT2D eigenvalue weighted by molar-refractivity contribution is 14.1. The maximum Gasteiger partial charge on any atom is 0.373 e. The van der Waals surface area contributed by atoms with E-state index >= 15 is 0 Å². The van der Waals surface area contributed by atoms with Gasteiger partial charge in [0.05, 0.1) is 25.2 Å². The number of carbonyl (C=O) groups is 3. The largest absolute Gasteiger partial charge is 0.490 e. The van der Waals surface area contributed by atoms with Crippen molar-refractivity contribution in [2.24, 2.45) is 0 Å². The van der Waals surface area contributed by atoms with Crippen molar-refractivity contribution in [1.29, 1.82) is 0 Å². The number of benzene rings is 2. The molecular formula is C26H22INO7S. The first-order valence-corrected chi connectivity index (χ1v) is 12.8. The molecule has 0 unspecified atom stereocenters. The summed E-state index contributed by atoms with van der Waals surface area (Å²) in [7, 11) is 1.24. The number of furan rings is 1. The van der Waals surface area contributed by atoms with Crippen LogP contribution in [0.2, 0.25) is 0 Å². The molecule has 0 saturated carbocycles. The number of amides is 2. The van der Waals surface area contributed by atoms with Gasteiger partial charge in [-0.3, -0.25) is 14.5 Å². The van der Waals surface area contributed by atoms with E-state index in [9.17, 15) is 14.4 Å². The summed E-state index contributed by atoms with van der Waals surface area (Å²) >= 11 is 3.09. The van der Waals surface area contributed by atoms with E-state index in [4.69, 9.17) is 13.9 Å². The van der Waals surface area contributed by atoms with Gasteiger partial charge >= 0.3 is 5.97 Å². The van der Waals surface area contributed by atoms with Crippen LogP contribution in [0.3, 0.4) is 0 Å². The smallest absolute Gasteiger partial charge is 0.373 e. The van der Waals surface area contributed by atoms with Crippen LogP contribution in [0.1, 0.15) is 34.4 Å². The molecule has 3 aromatic rings. The fourth-order valence-electron chi connectivity index (χ4n) is 3.36. The summed E-state index contributed by atoms with van der Waals surface area (Å²) in [5, 5.41) is -0.426. The molecule has 0 radical (unpaired) electrons. The van der Waals surface area contributed by atoms with Crippen molar-refractivity contribution in [2.75, 3.05) is 13.7 Å². The first-order valence-electron chi connectivity index (χ1n) is 10.9. The molecule has 8 nitrogen and oxygen atoms in total. The number of imide groups is 1. The van der Waals surface area contributed by atoms with Crippen LogP contribution in [0.15, 0.2) is 63.9 Å². The van der Waals surface area contributed by atoms with Crippen molar-refractivity contribution in [3.05, 3.63) is 85.7 Å². The minimum atomic E-state index is -0.633. The molecule has 36 heavy (non-hydrogen) atoms. The third kappa shape index (κ3) is 6.11. The molecule has 1 saturated heterocycles. The highest BCUT2D eigenvalue weighted by atomic mass is 127. The van der Waals surface area contributed by atoms with Gasteiger partial charge in [-0.05, 0) is 94.9 Å². The number of ether oxygens (including phenoxy) is 3. The fraction of sp³-hybridized carbons (Fsp3) is 0.192. The molecule has 1 fully saturated rings. The van der Waals surface area contributed by atoms with Gasteiger partial charge in [-0.2, -0.15) is 0 Å². The van der Waals surface area contributed by atoms with Crippen molar-refractivity contribution in [1.82, 2.24) is 4.90 Å². The van der Waals surface area contributed by atoms with E-state index < -0.39 is 17.1 Å². The van der Waals surface area contributed by atoms with Crippen LogP contribution in [0.25, 0.3) is 6.08 Å². The second-order valence-corrected chi connectivity index (χ2v) is 9.82. The van der Waals surface area contributed by atoms with E-state index in [0.29, 0.717) is 36.0 Å². The first kappa shape index (κ1) is 25.8. The SMILES string of the molecule is CCOc1cc(/C=C2/SC(=O)N(Cc3ccc(C(=O)OC)o3)C2=O)ccc1OCc1ccc(I)cc1. The van der Waals surface area contributed by atoms with Gasteiger partial charge in [0.2, 0.25) is 5.76 Å². The standard InChI is InChI=1S/C26H22INO7S/c1-3-33-22-12-17(6-10-20(22)34-15-16-4-7-18(27)8-5-16)13-23-24(29)28(26(31)36-23)14-19-9-11-21(35-19)25(30)32-2/h4-13H,3,14-15H2,1-2H3/b23-13+. The Morgan fingerprint density at radius 3 is 2.56 bits per heavy atom. The number of halogens is 1. The van der Waals surface area contributed by atoms with E-state index in [-0.39, 0.29) is 17.2 Å². The van der Waals surface area contributed by atoms with Crippen molar-refractivity contribution in [3.8, 4) is 11.5 Å². The molecule has 1 aliphatic rings. The summed E-state index contributed by atoms with van der Waals surface area (Å²) in [6.07, 6.45) is 1.64. The Balaban J connectivity index is 1.48. The Bertz CT molecular complexity index is 1320. The van der Waals surface area contributed by atoms with E-state index in [0.717, 1.165) is 25.8 Å². The Morgan fingerprint density at radius 1 is 1.06 bits per heavy atom. The Hall–Kier alpha value is -3.25. The topological polar surface area (TPSA) is 95.3 Å². The lowest BCUT2D eigenvalue weighted by atomic mass is 10.1. The Kier molecular flexibility index (Phi) is 8.36. The van der Waals surface area contributed by atoms with Gasteiger partial charge in [-0.1, -0.05) is 18.2 Å². The van der Waals surface area contributed by atoms with Crippen LogP contribution in [0.4, 0.5) is 4.79 Å². The first-order chi connectivity index (χ1) is 17.4. The van der Waals surface area contributed by atoms with E-state index in [2.05, 4.69) is 27.3 Å². The number of esters is 1. The van der Waals surface area contributed by atoms with E-state index in [1.54, 1.807) is 24.3 Å². The van der Waals surface area contributed by atoms with Crippen LogP contribution in [0, 0.1) is 3.57 Å². The maximum absolute atomic E-state index is 12.9. The lowest BCUT2D eigenvalue weighted by molar-refractivity contribution is -0.123. The lowest BCUT2D eigenvalue weighted by Gasteiger charge is -2.13. The molecule has 4 rings (SSSR count). The number of rotatable bonds is 9. The summed E-state index contributed by atoms with van der Waals surface area (Å²) in [4.78, 5) is 38.3. The van der Waals surface area contributed by atoms with Crippen molar-refractivity contribution in [2.45, 2.75) is 20.1 Å². The molecule has 1 aliphatic heterocycles. The van der Waals surface area contributed by atoms with Crippen LogP contribution in [0.5, 0.6) is 11.5 Å². The quantitative estimate of drug-likeness (QED) is 0.167. The number of hydrogen-bond acceptors (Lipinski definition) is 8. The molecule has 2 heterocycles. The van der Waals surface area contributed by atoms with Gasteiger partial charge < -0.3 is 18.6 Å². The molecule has 0 aliphatic carbocycles. The molecule has 2 amide bonds. The molecular weight excluding hydrogens is 597 g/mol. The third-order valence-electron chi connectivity index (χ3n) is 5.11. The van der Waals surface area contributed by atoms with Gasteiger partial charge in [0.15, 0.2) is 11.5 Å². The van der Waals surface area contributed by atoms with Crippen molar-refractivity contribution < 1.29 is 33.0 Å². The van der Waals surface area contributed by atoms with Gasteiger partial charge in [-0.15, -0.1) is 0 Å². The summed E-state index contributed by atoms with van der Waals surface area (Å²) in [6, 6.07) is 16.4. The van der Waals surface area contributed by atoms with Gasteiger partial charge in [0, 0.05) is 3.57 Å². The Morgan fingerprint density at radius 2 is 1.83 bits per heavy atom. The number of carbonyl (C=O) groups excluding carboxylic acids is 3. The fourth-order valence-corrected chi connectivity index (χ4v) is 4.56. The van der Waals surface area contributed by atoms with Gasteiger partial charge in [-0.25, -0.2) is 4.79 Å². The molecule has 0 spiro atoms. The predicted molar refractivity (Wildman–Crippen MR) is 143 cm³/mol. The molecule has 0 atom stereocenters. The minimum absolute atomic E-state index is 0.00259. The summed E-state index contributed by atoms with van der Waals surface area (Å²) in [5.41, 5.74) is 1.72. The molecule has 186 valence electrons. The van der Waals surface area contributed by atoms with Crippen molar-refractivity contribution in [3.63, 3.8) is 0 Å². The lowest BCUT2D eigenvalue weighted by Crippen LogP contribution is -2.27. The molecule has 0 bridgehead atoms. The monoisotopic (exact) mass is 619 g/mol. The van der Waals surface area contributed by atoms with Crippen LogP contribution >= 0.6 is 34.4 Å². The molecule has 2 aromatic carbocycles. The third-order valence-corrected chi connectivity index (χ3v) is 6.74. The highest BCUT2D eigenvalue weighted by Gasteiger charge is 2.35. The zero-order valence-electron chi connectivity index (χ0n) is 19.5. The Labute approximate surface area is 225 Å². The average Bonchev–Trinajstić information content (AvgIpc) is 3.45. The second kappa shape index (κ2) is 11.7. The normalized spacial score (nSPS) is 14.4. The van der Waals surface area contributed by atoms with E-state index in [1.165, 1.54) is 19.2 Å². The number of hydrogen-bond donors (Lipinski definition) is 0. The van der Waals surface area contributed by atoms with Crippen LogP contribution in [-0.4, -0.2) is 35.7 Å². The molecule has 1 aromatic heterocycles. The number of thioether (sulfide) groups is 1. The van der Waals surface area contributed by atoms with Gasteiger partial charge in [0.1, 0.15) is 12.4 Å². The minimum Gasteiger partial charge on any atom is -0.490 e. The summed E-state index contributed by atoms with van der Waals surface area (Å²) < 4.78 is 22.9. The second-order valence-electron chi connectivity index (χ2n) is 7.58. The zero-order chi connectivity index (χ0) is 25.7. The highest BCUT2D eigenvalue weighted by Crippen LogP contribution is 2.35. The number of nitrogens with zero attached hydrogens (tertiary/aromatic N) is 1. The average molecular weight is 619 g/mol. The summed E-state index contributed by atoms with van der Waals surface area (Å²) in [6.45, 7) is 2.62. The maximum atomic E-state index is 12.9. The van der Waals surface area contributed by atoms with Gasteiger partial charge in [0.25, 0.3) is 11.1 Å². The van der Waals surface area contributed by atoms with Crippen molar-refractivity contribution >= 4 is 57.5 Å².